The molecule has 2 rings (SSSR count). The molecule has 2 amide bonds. The molecule has 7 nitrogen and oxygen atoms in total. The molecule has 2 N–H and O–H groups in total. The van der Waals surface area contributed by atoms with Crippen LogP contribution in [0.15, 0.2) is 24.3 Å². The third kappa shape index (κ3) is 3.92. The average Bonchev–Trinajstić information content (AvgIpc) is 2.90. The number of nitro benzene ring substituents is 1. The predicted octanol–water partition coefficient (Wildman–Crippen LogP) is 1.90. The summed E-state index contributed by atoms with van der Waals surface area (Å²) < 4.78 is 5.37. The summed E-state index contributed by atoms with van der Waals surface area (Å²) in [5.74, 6) is 0. The lowest BCUT2D eigenvalue weighted by atomic mass is 10.2. The van der Waals surface area contributed by atoms with E-state index in [1.165, 1.54) is 18.2 Å². The molecule has 102 valence electrons. The van der Waals surface area contributed by atoms with Crippen LogP contribution in [0.5, 0.6) is 0 Å². The highest BCUT2D eigenvalue weighted by molar-refractivity contribution is 5.89. The highest BCUT2D eigenvalue weighted by Crippen LogP contribution is 2.17. The number of carbonyl (C=O) groups excluding carboxylic acids is 1. The minimum absolute atomic E-state index is 0.0584. The van der Waals surface area contributed by atoms with Gasteiger partial charge in [0.15, 0.2) is 0 Å². The van der Waals surface area contributed by atoms with Crippen LogP contribution in [0, 0.1) is 10.1 Å². The molecule has 1 saturated heterocycles. The summed E-state index contributed by atoms with van der Waals surface area (Å²) in [6, 6.07) is 5.41. The van der Waals surface area contributed by atoms with Crippen molar-refractivity contribution in [1.82, 2.24) is 5.32 Å². The molecule has 1 aliphatic heterocycles. The first-order chi connectivity index (χ1) is 9.15. The van der Waals surface area contributed by atoms with Crippen molar-refractivity contribution in [3.63, 3.8) is 0 Å². The van der Waals surface area contributed by atoms with Crippen LogP contribution in [0.3, 0.4) is 0 Å². The van der Waals surface area contributed by atoms with Crippen molar-refractivity contribution in [2.75, 3.05) is 18.5 Å². The van der Waals surface area contributed by atoms with Crippen LogP contribution in [0.2, 0.25) is 0 Å². The van der Waals surface area contributed by atoms with Gasteiger partial charge in [-0.3, -0.25) is 10.1 Å². The molecule has 1 unspecified atom stereocenters. The molecule has 1 aromatic carbocycles. The number of urea groups is 1. The monoisotopic (exact) mass is 265 g/mol. The van der Waals surface area contributed by atoms with Crippen molar-refractivity contribution in [1.29, 1.82) is 0 Å². The van der Waals surface area contributed by atoms with Crippen LogP contribution in [0.4, 0.5) is 16.2 Å². The van der Waals surface area contributed by atoms with Crippen LogP contribution < -0.4 is 10.6 Å². The van der Waals surface area contributed by atoms with Gasteiger partial charge in [-0.05, 0) is 18.9 Å². The molecular weight excluding hydrogens is 250 g/mol. The SMILES string of the molecule is O=C(NCC1CCCO1)Nc1cccc([N+](=O)[O-])c1. The van der Waals surface area contributed by atoms with Gasteiger partial charge in [0, 0.05) is 31.0 Å². The zero-order valence-electron chi connectivity index (χ0n) is 10.3. The summed E-state index contributed by atoms with van der Waals surface area (Å²) in [5.41, 5.74) is 0.330. The molecule has 7 heteroatoms. The maximum absolute atomic E-state index is 11.6. The molecule has 0 spiro atoms. The van der Waals surface area contributed by atoms with Gasteiger partial charge >= 0.3 is 6.03 Å². The summed E-state index contributed by atoms with van der Waals surface area (Å²) in [5, 5.41) is 15.8. The number of non-ortho nitro benzene ring substituents is 1. The predicted molar refractivity (Wildman–Crippen MR) is 69.1 cm³/mol. The second kappa shape index (κ2) is 6.14. The Kier molecular flexibility index (Phi) is 4.30. The molecule has 1 fully saturated rings. The molecule has 0 aliphatic carbocycles. The lowest BCUT2D eigenvalue weighted by molar-refractivity contribution is -0.384. The molecule has 0 aromatic heterocycles. The van der Waals surface area contributed by atoms with Crippen molar-refractivity contribution in [2.24, 2.45) is 0 Å². The number of anilines is 1. The van der Waals surface area contributed by atoms with E-state index < -0.39 is 11.0 Å². The van der Waals surface area contributed by atoms with E-state index in [2.05, 4.69) is 10.6 Å². The Morgan fingerprint density at radius 3 is 3.05 bits per heavy atom. The van der Waals surface area contributed by atoms with Crippen LogP contribution in [-0.2, 0) is 4.74 Å². The van der Waals surface area contributed by atoms with Gasteiger partial charge in [-0.1, -0.05) is 6.07 Å². The quantitative estimate of drug-likeness (QED) is 0.642. The van der Waals surface area contributed by atoms with Gasteiger partial charge < -0.3 is 15.4 Å². The summed E-state index contributed by atoms with van der Waals surface area (Å²) in [4.78, 5) is 21.7. The maximum Gasteiger partial charge on any atom is 0.319 e. The summed E-state index contributed by atoms with van der Waals surface area (Å²) in [7, 11) is 0. The number of ether oxygens (including phenoxy) is 1. The number of carbonyl (C=O) groups is 1. The number of nitro groups is 1. The van der Waals surface area contributed by atoms with Gasteiger partial charge in [-0.25, -0.2) is 4.79 Å². The highest BCUT2D eigenvalue weighted by Gasteiger charge is 2.16. The fraction of sp³-hybridized carbons (Fsp3) is 0.417. The molecule has 1 aliphatic rings. The van der Waals surface area contributed by atoms with Gasteiger partial charge in [0.05, 0.1) is 11.0 Å². The van der Waals surface area contributed by atoms with Crippen molar-refractivity contribution >= 4 is 17.4 Å². The lowest BCUT2D eigenvalue weighted by Gasteiger charge is -2.11. The zero-order valence-corrected chi connectivity index (χ0v) is 10.3. The third-order valence-electron chi connectivity index (χ3n) is 2.83. The van der Waals surface area contributed by atoms with Crippen molar-refractivity contribution in [2.45, 2.75) is 18.9 Å². The normalized spacial score (nSPS) is 18.0. The van der Waals surface area contributed by atoms with E-state index in [1.807, 2.05) is 0 Å². The van der Waals surface area contributed by atoms with E-state index >= 15 is 0 Å². The molecule has 0 radical (unpaired) electrons. The second-order valence-electron chi connectivity index (χ2n) is 4.28. The smallest absolute Gasteiger partial charge is 0.319 e. The van der Waals surface area contributed by atoms with Crippen molar-refractivity contribution in [3.8, 4) is 0 Å². The molecule has 1 heterocycles. The van der Waals surface area contributed by atoms with E-state index in [-0.39, 0.29) is 11.8 Å². The Hall–Kier alpha value is -2.15. The fourth-order valence-corrected chi connectivity index (χ4v) is 1.88. The Balaban J connectivity index is 1.84. The molecule has 1 aromatic rings. The topological polar surface area (TPSA) is 93.5 Å². The number of amides is 2. The van der Waals surface area contributed by atoms with E-state index in [0.29, 0.717) is 12.2 Å². The first-order valence-electron chi connectivity index (χ1n) is 6.06. The van der Waals surface area contributed by atoms with Crippen LogP contribution >= 0.6 is 0 Å². The van der Waals surface area contributed by atoms with E-state index in [4.69, 9.17) is 4.74 Å². The number of hydrogen-bond donors (Lipinski definition) is 2. The number of hydrogen-bond acceptors (Lipinski definition) is 4. The number of rotatable bonds is 4. The molecule has 0 bridgehead atoms. The maximum atomic E-state index is 11.6. The van der Waals surface area contributed by atoms with E-state index in [0.717, 1.165) is 19.4 Å². The fourth-order valence-electron chi connectivity index (χ4n) is 1.88. The lowest BCUT2D eigenvalue weighted by Crippen LogP contribution is -2.35. The average molecular weight is 265 g/mol. The van der Waals surface area contributed by atoms with E-state index in [9.17, 15) is 14.9 Å². The van der Waals surface area contributed by atoms with E-state index in [1.54, 1.807) is 6.07 Å². The minimum Gasteiger partial charge on any atom is -0.376 e. The zero-order chi connectivity index (χ0) is 13.7. The van der Waals surface area contributed by atoms with Gasteiger partial charge in [0.2, 0.25) is 0 Å². The van der Waals surface area contributed by atoms with Gasteiger partial charge in [0.25, 0.3) is 5.69 Å². The summed E-state index contributed by atoms with van der Waals surface area (Å²) in [6.45, 7) is 1.18. The van der Waals surface area contributed by atoms with Gasteiger partial charge in [0.1, 0.15) is 0 Å². The Morgan fingerprint density at radius 2 is 2.37 bits per heavy atom. The first kappa shape index (κ1) is 13.3. The Labute approximate surface area is 110 Å². The highest BCUT2D eigenvalue weighted by atomic mass is 16.6. The van der Waals surface area contributed by atoms with Crippen LogP contribution in [0.25, 0.3) is 0 Å². The van der Waals surface area contributed by atoms with Crippen LogP contribution in [0.1, 0.15) is 12.8 Å². The van der Waals surface area contributed by atoms with Gasteiger partial charge in [-0.15, -0.1) is 0 Å². The van der Waals surface area contributed by atoms with Crippen LogP contribution in [-0.4, -0.2) is 30.2 Å². The van der Waals surface area contributed by atoms with Gasteiger partial charge in [-0.2, -0.15) is 0 Å². The first-order valence-corrected chi connectivity index (χ1v) is 6.06. The Morgan fingerprint density at radius 1 is 1.53 bits per heavy atom. The number of nitrogens with one attached hydrogen (secondary N) is 2. The minimum atomic E-state index is -0.505. The molecule has 0 saturated carbocycles. The van der Waals surface area contributed by atoms with Crippen molar-refractivity contribution < 1.29 is 14.5 Å². The van der Waals surface area contributed by atoms with Crippen molar-refractivity contribution in [3.05, 3.63) is 34.4 Å². The largest absolute Gasteiger partial charge is 0.376 e. The molecule has 19 heavy (non-hydrogen) atoms. The third-order valence-corrected chi connectivity index (χ3v) is 2.83. The number of benzene rings is 1. The second-order valence-corrected chi connectivity index (χ2v) is 4.28. The summed E-state index contributed by atoms with van der Waals surface area (Å²) >= 11 is 0. The molecule has 1 atom stereocenters. The molecular formula is C12H15N3O4. The standard InChI is InChI=1S/C12H15N3O4/c16-12(13-8-11-5-2-6-19-11)14-9-3-1-4-10(7-9)15(17)18/h1,3-4,7,11H,2,5-6,8H2,(H2,13,14,16). The Bertz CT molecular complexity index is 472. The number of nitrogens with zero attached hydrogens (tertiary/aromatic N) is 1. The summed E-state index contributed by atoms with van der Waals surface area (Å²) in [6.07, 6.45) is 2.02.